The molecule has 0 atom stereocenters. The number of Topliss-reactive ketones (excluding diaryl/α,β-unsaturated/α-hetero) is 1. The average Bonchev–Trinajstić information content (AvgIpc) is 3.50. The number of nitrogens with one attached hydrogen (secondary N) is 1. The summed E-state index contributed by atoms with van der Waals surface area (Å²) in [7, 11) is -3.71. The molecule has 0 aliphatic heterocycles. The highest BCUT2D eigenvalue weighted by Gasteiger charge is 2.22. The van der Waals surface area contributed by atoms with E-state index in [0.717, 1.165) is 22.4 Å². The second kappa shape index (κ2) is 9.02. The Balaban J connectivity index is 1.31. The van der Waals surface area contributed by atoms with Crippen molar-refractivity contribution in [2.24, 2.45) is 0 Å². The predicted molar refractivity (Wildman–Crippen MR) is 136 cm³/mol. The predicted octanol–water partition coefficient (Wildman–Crippen LogP) is 4.87. The molecule has 0 bridgehead atoms. The summed E-state index contributed by atoms with van der Waals surface area (Å²) < 4.78 is 26.8. The second-order valence-corrected chi connectivity index (χ2v) is 12.3. The molecule has 6 nitrogen and oxygen atoms in total. The Morgan fingerprint density at radius 3 is 2.50 bits per heavy atom. The van der Waals surface area contributed by atoms with Crippen molar-refractivity contribution < 1.29 is 13.2 Å². The minimum absolute atomic E-state index is 0.0119. The molecule has 34 heavy (non-hydrogen) atoms. The summed E-state index contributed by atoms with van der Waals surface area (Å²) in [6.07, 6.45) is 4.09. The van der Waals surface area contributed by atoms with Gasteiger partial charge >= 0.3 is 0 Å². The van der Waals surface area contributed by atoms with Crippen molar-refractivity contribution in [3.05, 3.63) is 87.1 Å². The first-order chi connectivity index (χ1) is 16.3. The van der Waals surface area contributed by atoms with Gasteiger partial charge in [0.25, 0.3) is 5.56 Å². The smallest absolute Gasteiger partial charge is 0.262 e. The van der Waals surface area contributed by atoms with Gasteiger partial charge in [-0.15, -0.1) is 11.3 Å². The number of sulfone groups is 1. The minimum atomic E-state index is -3.71. The molecule has 5 rings (SSSR count). The number of anilines is 1. The van der Waals surface area contributed by atoms with Gasteiger partial charge in [0.2, 0.25) is 0 Å². The zero-order valence-corrected chi connectivity index (χ0v) is 20.4. The molecule has 1 fully saturated rings. The molecule has 9 heteroatoms. The molecule has 0 amide bonds. The second-order valence-electron chi connectivity index (χ2n) is 8.41. The molecule has 1 saturated carbocycles. The van der Waals surface area contributed by atoms with Crippen LogP contribution in [0.3, 0.4) is 0 Å². The maximum atomic E-state index is 13.0. The molecule has 0 radical (unpaired) electrons. The lowest BCUT2D eigenvalue weighted by Crippen LogP contribution is -2.18. The number of hydrogen-bond donors (Lipinski definition) is 1. The van der Waals surface area contributed by atoms with Crippen LogP contribution in [0.4, 0.5) is 5.69 Å². The van der Waals surface area contributed by atoms with Crippen molar-refractivity contribution in [2.45, 2.75) is 29.5 Å². The number of carbonyl (C=O) groups is 1. The van der Waals surface area contributed by atoms with E-state index in [1.165, 1.54) is 25.0 Å². The van der Waals surface area contributed by atoms with E-state index in [2.05, 4.69) is 5.32 Å². The molecule has 2 aromatic heterocycles. The third kappa shape index (κ3) is 4.94. The molecule has 1 aliphatic rings. The number of fused-ring (bicyclic) bond motifs is 1. The fourth-order valence-corrected chi connectivity index (χ4v) is 6.62. The minimum Gasteiger partial charge on any atom is -0.382 e. The normalized spacial score (nSPS) is 13.8. The standard InChI is InChI=1S/C25H21ClN2O4S2/c26-23-9-10-24(33-23)34(31,32)15-21(29)13-16-1-6-20(7-2-16)28-12-11-17-14-19(27-18-3-4-18)5-8-22(17)25(28)30/h1-2,5-12,14,18,27H,3-4,13,15H2. The van der Waals surface area contributed by atoms with Gasteiger partial charge < -0.3 is 5.32 Å². The van der Waals surface area contributed by atoms with Crippen molar-refractivity contribution in [2.75, 3.05) is 11.1 Å². The number of hydrogen-bond acceptors (Lipinski definition) is 6. The summed E-state index contributed by atoms with van der Waals surface area (Å²) in [5.74, 6) is -0.983. The highest BCUT2D eigenvalue weighted by Crippen LogP contribution is 2.27. The number of thiophene rings is 1. The first-order valence-electron chi connectivity index (χ1n) is 10.8. The maximum absolute atomic E-state index is 13.0. The van der Waals surface area contributed by atoms with E-state index in [9.17, 15) is 18.0 Å². The van der Waals surface area contributed by atoms with Gasteiger partial charge in [0.05, 0.1) is 4.34 Å². The van der Waals surface area contributed by atoms with Gasteiger partial charge in [-0.1, -0.05) is 23.7 Å². The number of benzene rings is 2. The first-order valence-corrected chi connectivity index (χ1v) is 13.6. The van der Waals surface area contributed by atoms with Crippen LogP contribution in [0.1, 0.15) is 18.4 Å². The summed E-state index contributed by atoms with van der Waals surface area (Å²) in [5, 5.41) is 4.94. The summed E-state index contributed by atoms with van der Waals surface area (Å²) >= 11 is 6.75. The van der Waals surface area contributed by atoms with Crippen molar-refractivity contribution in [1.29, 1.82) is 0 Å². The number of ketones is 1. The Kier molecular flexibility index (Phi) is 6.06. The van der Waals surface area contributed by atoms with Crippen molar-refractivity contribution in [3.8, 4) is 5.69 Å². The Morgan fingerprint density at radius 2 is 1.82 bits per heavy atom. The number of rotatable bonds is 8. The van der Waals surface area contributed by atoms with Gasteiger partial charge in [-0.05, 0) is 72.3 Å². The SMILES string of the molecule is O=C(Cc1ccc(-n2ccc3cc(NC4CC4)ccc3c2=O)cc1)CS(=O)(=O)c1ccc(Cl)s1. The highest BCUT2D eigenvalue weighted by atomic mass is 35.5. The Morgan fingerprint density at radius 1 is 1.06 bits per heavy atom. The van der Waals surface area contributed by atoms with E-state index in [4.69, 9.17) is 11.6 Å². The third-order valence-corrected chi connectivity index (χ3v) is 9.16. The molecule has 2 heterocycles. The van der Waals surface area contributed by atoms with Crippen LogP contribution in [-0.4, -0.2) is 30.6 Å². The van der Waals surface area contributed by atoms with E-state index in [1.807, 2.05) is 24.3 Å². The Hall–Kier alpha value is -2.94. The average molecular weight is 513 g/mol. The zero-order chi connectivity index (χ0) is 23.9. The molecule has 0 saturated heterocycles. The highest BCUT2D eigenvalue weighted by molar-refractivity contribution is 7.94. The van der Waals surface area contributed by atoms with E-state index in [1.54, 1.807) is 35.0 Å². The summed E-state index contributed by atoms with van der Waals surface area (Å²) in [6.45, 7) is 0. The lowest BCUT2D eigenvalue weighted by Gasteiger charge is -2.10. The fourth-order valence-electron chi connectivity index (χ4n) is 3.81. The molecule has 1 aliphatic carbocycles. The van der Waals surface area contributed by atoms with Gasteiger partial charge in [0, 0.05) is 35.4 Å². The van der Waals surface area contributed by atoms with E-state index in [-0.39, 0.29) is 16.2 Å². The molecule has 4 aromatic rings. The summed E-state index contributed by atoms with van der Waals surface area (Å²) in [4.78, 5) is 25.4. The van der Waals surface area contributed by atoms with Crippen LogP contribution in [0.2, 0.25) is 4.34 Å². The molecule has 174 valence electrons. The molecule has 1 N–H and O–H groups in total. The Bertz CT molecular complexity index is 1550. The van der Waals surface area contributed by atoms with Gasteiger partial charge in [0.15, 0.2) is 15.6 Å². The van der Waals surface area contributed by atoms with Crippen LogP contribution < -0.4 is 10.9 Å². The van der Waals surface area contributed by atoms with Gasteiger partial charge in [-0.3, -0.25) is 14.2 Å². The number of nitrogens with zero attached hydrogens (tertiary/aromatic N) is 1. The largest absolute Gasteiger partial charge is 0.382 e. The number of pyridine rings is 1. The Labute approximate surface area is 205 Å². The third-order valence-electron chi connectivity index (χ3n) is 5.67. The fraction of sp³-hybridized carbons (Fsp3) is 0.200. The molecule has 2 aromatic carbocycles. The quantitative estimate of drug-likeness (QED) is 0.364. The van der Waals surface area contributed by atoms with Crippen LogP contribution in [0.15, 0.2) is 75.9 Å². The van der Waals surface area contributed by atoms with Gasteiger partial charge in [-0.2, -0.15) is 0 Å². The van der Waals surface area contributed by atoms with Gasteiger partial charge in [0.1, 0.15) is 9.96 Å². The zero-order valence-electron chi connectivity index (χ0n) is 18.0. The van der Waals surface area contributed by atoms with Crippen LogP contribution >= 0.6 is 22.9 Å². The van der Waals surface area contributed by atoms with Crippen LogP contribution in [0, 0.1) is 0 Å². The molecular formula is C25H21ClN2O4S2. The van der Waals surface area contributed by atoms with Crippen LogP contribution in [-0.2, 0) is 21.1 Å². The molecule has 0 spiro atoms. The van der Waals surface area contributed by atoms with Crippen LogP contribution in [0.5, 0.6) is 0 Å². The first kappa shape index (κ1) is 22.8. The van der Waals surface area contributed by atoms with Crippen molar-refractivity contribution in [3.63, 3.8) is 0 Å². The monoisotopic (exact) mass is 512 g/mol. The van der Waals surface area contributed by atoms with E-state index >= 15 is 0 Å². The molecule has 0 unspecified atom stereocenters. The van der Waals surface area contributed by atoms with E-state index in [0.29, 0.717) is 27.0 Å². The summed E-state index contributed by atoms with van der Waals surface area (Å²) in [6, 6.07) is 18.1. The van der Waals surface area contributed by atoms with Crippen molar-refractivity contribution in [1.82, 2.24) is 4.57 Å². The number of carbonyl (C=O) groups excluding carboxylic acids is 1. The maximum Gasteiger partial charge on any atom is 0.262 e. The lowest BCUT2D eigenvalue weighted by molar-refractivity contribution is -0.116. The molecular weight excluding hydrogens is 492 g/mol. The summed E-state index contributed by atoms with van der Waals surface area (Å²) in [5.41, 5.74) is 2.24. The lowest BCUT2D eigenvalue weighted by atomic mass is 10.1. The number of aromatic nitrogens is 1. The van der Waals surface area contributed by atoms with Crippen LogP contribution in [0.25, 0.3) is 16.5 Å². The van der Waals surface area contributed by atoms with Gasteiger partial charge in [-0.25, -0.2) is 8.42 Å². The van der Waals surface area contributed by atoms with E-state index < -0.39 is 21.4 Å². The number of halogens is 1. The topological polar surface area (TPSA) is 85.2 Å². The van der Waals surface area contributed by atoms with Crippen molar-refractivity contribution >= 4 is 55.0 Å².